The molecule has 0 aliphatic heterocycles. The lowest BCUT2D eigenvalue weighted by atomic mass is 10.3. The van der Waals surface area contributed by atoms with Gasteiger partial charge in [-0.15, -0.1) is 0 Å². The van der Waals surface area contributed by atoms with Gasteiger partial charge in [-0.1, -0.05) is 22.8 Å². The summed E-state index contributed by atoms with van der Waals surface area (Å²) in [6, 6.07) is 8.38. The first kappa shape index (κ1) is 12.2. The van der Waals surface area contributed by atoms with Crippen molar-refractivity contribution < 1.29 is 23.3 Å². The van der Waals surface area contributed by atoms with E-state index in [0.717, 1.165) is 0 Å². The molecule has 6 heteroatoms. The van der Waals surface area contributed by atoms with Crippen molar-refractivity contribution in [3.8, 4) is 5.75 Å². The summed E-state index contributed by atoms with van der Waals surface area (Å²) < 4.78 is 21.1. The number of hydrogen-bond donors (Lipinski definition) is 1. The van der Waals surface area contributed by atoms with Crippen LogP contribution in [0.25, 0.3) is 0 Å². The van der Waals surface area contributed by atoms with Crippen LogP contribution in [0.4, 0.5) is 0 Å². The molecule has 0 aliphatic rings. The highest BCUT2D eigenvalue weighted by Gasteiger charge is 2.32. The van der Waals surface area contributed by atoms with Crippen LogP contribution in [0, 0.1) is 0 Å². The van der Waals surface area contributed by atoms with Gasteiger partial charge in [-0.25, -0.2) is 4.57 Å². The SMILES string of the molecule is C[N+](C)(C)OP(=O)(O)Oc1ccccc1. The van der Waals surface area contributed by atoms with Crippen LogP contribution in [0.5, 0.6) is 5.75 Å². The third-order valence-corrected chi connectivity index (χ3v) is 2.45. The first-order valence-corrected chi connectivity index (χ1v) is 5.88. The molecule has 0 bridgehead atoms. The van der Waals surface area contributed by atoms with Crippen LogP contribution in [0.15, 0.2) is 30.3 Å². The van der Waals surface area contributed by atoms with Crippen molar-refractivity contribution in [2.24, 2.45) is 0 Å². The van der Waals surface area contributed by atoms with E-state index in [1.807, 2.05) is 0 Å². The Morgan fingerprint density at radius 2 is 1.73 bits per heavy atom. The minimum Gasteiger partial charge on any atom is -0.401 e. The number of hydroxylamine groups is 3. The topological polar surface area (TPSA) is 55.8 Å². The molecular formula is C9H15NO4P+. The van der Waals surface area contributed by atoms with E-state index in [9.17, 15) is 9.46 Å². The molecule has 15 heavy (non-hydrogen) atoms. The van der Waals surface area contributed by atoms with Crippen LogP contribution in [-0.4, -0.2) is 30.7 Å². The summed E-state index contributed by atoms with van der Waals surface area (Å²) >= 11 is 0. The third-order valence-electron chi connectivity index (χ3n) is 1.31. The average Bonchev–Trinajstić information content (AvgIpc) is 1.99. The molecule has 1 atom stereocenters. The van der Waals surface area contributed by atoms with Gasteiger partial charge < -0.3 is 4.52 Å². The molecular weight excluding hydrogens is 217 g/mol. The second kappa shape index (κ2) is 4.33. The lowest BCUT2D eigenvalue weighted by Gasteiger charge is -2.22. The molecule has 1 rings (SSSR count). The summed E-state index contributed by atoms with van der Waals surface area (Å²) in [6.07, 6.45) is 0. The number of rotatable bonds is 4. The fourth-order valence-electron chi connectivity index (χ4n) is 0.941. The monoisotopic (exact) mass is 232 g/mol. The van der Waals surface area contributed by atoms with Crippen molar-refractivity contribution in [3.05, 3.63) is 30.3 Å². The Hall–Kier alpha value is -0.870. The molecule has 5 nitrogen and oxygen atoms in total. The Morgan fingerprint density at radius 3 is 2.20 bits per heavy atom. The predicted octanol–water partition coefficient (Wildman–Crippen LogP) is 1.80. The number of phosphoric acid groups is 1. The van der Waals surface area contributed by atoms with E-state index >= 15 is 0 Å². The molecule has 1 aromatic rings. The van der Waals surface area contributed by atoms with Crippen LogP contribution in [0.1, 0.15) is 0 Å². The third kappa shape index (κ3) is 4.95. The van der Waals surface area contributed by atoms with E-state index in [1.54, 1.807) is 51.5 Å². The van der Waals surface area contributed by atoms with Gasteiger partial charge >= 0.3 is 7.82 Å². The molecule has 0 heterocycles. The number of hydrogen-bond acceptors (Lipinski definition) is 3. The zero-order valence-electron chi connectivity index (χ0n) is 8.95. The van der Waals surface area contributed by atoms with Crippen LogP contribution in [0.2, 0.25) is 0 Å². The van der Waals surface area contributed by atoms with Gasteiger partial charge in [-0.2, -0.15) is 4.65 Å². The van der Waals surface area contributed by atoms with Crippen molar-refractivity contribution in [1.29, 1.82) is 0 Å². The van der Waals surface area contributed by atoms with Gasteiger partial charge in [0.25, 0.3) is 0 Å². The zero-order chi connectivity index (χ0) is 11.5. The molecule has 0 saturated carbocycles. The molecule has 0 spiro atoms. The van der Waals surface area contributed by atoms with Gasteiger partial charge in [0.15, 0.2) is 0 Å². The van der Waals surface area contributed by atoms with Gasteiger partial charge in [0.1, 0.15) is 5.75 Å². The van der Waals surface area contributed by atoms with Gasteiger partial charge in [0, 0.05) is 0 Å². The number of quaternary nitrogens is 1. The maximum Gasteiger partial charge on any atom is 0.574 e. The fourth-order valence-corrected chi connectivity index (χ4v) is 1.98. The Kier molecular flexibility index (Phi) is 3.52. The Bertz CT molecular complexity index is 360. The zero-order valence-corrected chi connectivity index (χ0v) is 9.85. The summed E-state index contributed by atoms with van der Waals surface area (Å²) in [7, 11) is 0.803. The van der Waals surface area contributed by atoms with E-state index in [-0.39, 0.29) is 4.65 Å². The molecule has 84 valence electrons. The van der Waals surface area contributed by atoms with Crippen LogP contribution < -0.4 is 4.52 Å². The Morgan fingerprint density at radius 1 is 1.20 bits per heavy atom. The van der Waals surface area contributed by atoms with Crippen molar-refractivity contribution >= 4 is 7.82 Å². The van der Waals surface area contributed by atoms with Crippen molar-refractivity contribution in [2.45, 2.75) is 0 Å². The minimum atomic E-state index is -4.06. The molecule has 0 aliphatic carbocycles. The Balaban J connectivity index is 2.69. The molecule has 0 saturated heterocycles. The Labute approximate surface area is 89.0 Å². The van der Waals surface area contributed by atoms with Crippen LogP contribution in [0.3, 0.4) is 0 Å². The van der Waals surface area contributed by atoms with Crippen LogP contribution in [-0.2, 0) is 9.19 Å². The molecule has 0 aromatic heterocycles. The van der Waals surface area contributed by atoms with E-state index in [1.165, 1.54) is 0 Å². The highest BCUT2D eigenvalue weighted by atomic mass is 31.2. The average molecular weight is 232 g/mol. The number of benzene rings is 1. The van der Waals surface area contributed by atoms with Gasteiger partial charge in [0.05, 0.1) is 21.1 Å². The lowest BCUT2D eigenvalue weighted by Crippen LogP contribution is -2.33. The standard InChI is InChI=1S/C9H14NO4P/c1-10(2,3)14-15(11,12)13-9-7-5-4-6-8-9/h4-8H,1-3H3/p+1. The molecule has 1 aromatic carbocycles. The first-order valence-electron chi connectivity index (χ1n) is 4.39. The quantitative estimate of drug-likeness (QED) is 0.488. The lowest BCUT2D eigenvalue weighted by molar-refractivity contribution is -1.04. The molecule has 0 radical (unpaired) electrons. The van der Waals surface area contributed by atoms with E-state index in [0.29, 0.717) is 5.75 Å². The molecule has 0 fully saturated rings. The maximum absolute atomic E-state index is 11.5. The van der Waals surface area contributed by atoms with Crippen LogP contribution >= 0.6 is 7.82 Å². The summed E-state index contributed by atoms with van der Waals surface area (Å²) in [5.41, 5.74) is 0. The van der Waals surface area contributed by atoms with E-state index < -0.39 is 7.82 Å². The second-order valence-corrected chi connectivity index (χ2v) is 5.13. The number of nitrogens with zero attached hydrogens (tertiary/aromatic N) is 1. The van der Waals surface area contributed by atoms with Crippen molar-refractivity contribution in [1.82, 2.24) is 0 Å². The van der Waals surface area contributed by atoms with E-state index in [2.05, 4.69) is 0 Å². The van der Waals surface area contributed by atoms with E-state index in [4.69, 9.17) is 9.15 Å². The minimum absolute atomic E-state index is 0.111. The largest absolute Gasteiger partial charge is 0.574 e. The van der Waals surface area contributed by atoms with Crippen molar-refractivity contribution in [3.63, 3.8) is 0 Å². The normalized spacial score (nSPS) is 15.7. The molecule has 1 unspecified atom stereocenters. The number of phosphoric ester groups is 1. The summed E-state index contributed by atoms with van der Waals surface area (Å²) in [6.45, 7) is 0. The highest BCUT2D eigenvalue weighted by molar-refractivity contribution is 7.47. The molecule has 1 N–H and O–H groups in total. The first-order chi connectivity index (χ1) is 6.79. The maximum atomic E-state index is 11.5. The van der Waals surface area contributed by atoms with Gasteiger partial charge in [-0.3, -0.25) is 4.89 Å². The summed E-state index contributed by atoms with van der Waals surface area (Å²) in [5, 5.41) is 0. The molecule has 0 amide bonds. The highest BCUT2D eigenvalue weighted by Crippen LogP contribution is 2.45. The fraction of sp³-hybridized carbons (Fsp3) is 0.333. The number of para-hydroxylation sites is 1. The predicted molar refractivity (Wildman–Crippen MR) is 56.0 cm³/mol. The van der Waals surface area contributed by atoms with Gasteiger partial charge in [0.2, 0.25) is 0 Å². The summed E-state index contributed by atoms with van der Waals surface area (Å²) in [5.74, 6) is 0.303. The smallest absolute Gasteiger partial charge is 0.401 e. The van der Waals surface area contributed by atoms with Crippen molar-refractivity contribution in [2.75, 3.05) is 21.1 Å². The summed E-state index contributed by atoms with van der Waals surface area (Å²) in [4.78, 5) is 9.40. The second-order valence-electron chi connectivity index (χ2n) is 3.84. The van der Waals surface area contributed by atoms with Gasteiger partial charge in [-0.05, 0) is 12.1 Å².